The molecule has 2 aliphatic rings. The molecule has 38 heavy (non-hydrogen) atoms. The Bertz CT molecular complexity index is 1160. The number of esters is 1. The van der Waals surface area contributed by atoms with Crippen molar-refractivity contribution in [2.45, 2.75) is 75.1 Å². The molecule has 0 spiro atoms. The lowest BCUT2D eigenvalue weighted by Crippen LogP contribution is -2.68. The number of methoxy groups -OCH3 is 1. The van der Waals surface area contributed by atoms with Crippen LogP contribution in [0.15, 0.2) is 65.3 Å². The Morgan fingerprint density at radius 2 is 1.79 bits per heavy atom. The fourth-order valence-electron chi connectivity index (χ4n) is 4.61. The summed E-state index contributed by atoms with van der Waals surface area (Å²) in [6.07, 6.45) is -1.45. The summed E-state index contributed by atoms with van der Waals surface area (Å²) >= 11 is 0. The number of ether oxygens (including phenoxy) is 4. The molecule has 2 bridgehead atoms. The zero-order valence-corrected chi connectivity index (χ0v) is 23.5. The number of nitrogens with zero attached hydrogens (tertiary/aromatic N) is 1. The van der Waals surface area contributed by atoms with Crippen molar-refractivity contribution in [2.24, 2.45) is 0 Å². The van der Waals surface area contributed by atoms with E-state index in [4.69, 9.17) is 27.8 Å². The first kappa shape index (κ1) is 28.2. The van der Waals surface area contributed by atoms with Crippen LogP contribution in [0.3, 0.4) is 0 Å². The fourth-order valence-corrected chi connectivity index (χ4v) is 5.90. The number of rotatable bonds is 8. The van der Waals surface area contributed by atoms with E-state index in [1.807, 2.05) is 13.1 Å². The maximum atomic E-state index is 12.7. The Morgan fingerprint density at radius 1 is 1.13 bits per heavy atom. The zero-order chi connectivity index (χ0) is 27.9. The predicted molar refractivity (Wildman–Crippen MR) is 140 cm³/mol. The Balaban J connectivity index is 1.73. The van der Waals surface area contributed by atoms with E-state index in [9.17, 15) is 14.9 Å². The maximum absolute atomic E-state index is 12.7. The van der Waals surface area contributed by atoms with E-state index < -0.39 is 57.1 Å². The van der Waals surface area contributed by atoms with Crippen molar-refractivity contribution in [3.63, 3.8) is 0 Å². The van der Waals surface area contributed by atoms with Gasteiger partial charge < -0.3 is 27.8 Å². The summed E-state index contributed by atoms with van der Waals surface area (Å²) in [5.74, 6) is -2.97. The fraction of sp³-hybridized carbons (Fsp3) is 0.519. The smallest absolute Gasteiger partial charge is 0.338 e. The molecule has 2 unspecified atom stereocenters. The van der Waals surface area contributed by atoms with Gasteiger partial charge in [-0.3, -0.25) is 10.1 Å². The van der Waals surface area contributed by atoms with E-state index in [0.717, 1.165) is 0 Å². The van der Waals surface area contributed by atoms with Crippen LogP contribution in [0.1, 0.15) is 42.8 Å². The van der Waals surface area contributed by atoms with Gasteiger partial charge in [-0.25, -0.2) is 4.79 Å². The molecule has 10 nitrogen and oxygen atoms in total. The van der Waals surface area contributed by atoms with Gasteiger partial charge in [-0.05, 0) is 48.0 Å². The Labute approximate surface area is 223 Å². The van der Waals surface area contributed by atoms with Crippen molar-refractivity contribution >= 4 is 14.3 Å². The summed E-state index contributed by atoms with van der Waals surface area (Å²) in [4.78, 5) is 24.9. The minimum atomic E-state index is -2.54. The largest absolute Gasteiger partial charge is 0.469 e. The summed E-state index contributed by atoms with van der Waals surface area (Å²) in [7, 11) is -1.18. The first-order chi connectivity index (χ1) is 17.8. The molecule has 0 N–H and O–H groups in total. The number of fused-ring (bicyclic) bond motifs is 2. The summed E-state index contributed by atoms with van der Waals surface area (Å²) in [6, 6.07) is 10.6. The number of carbonyl (C=O) groups excluding carboxylic acids is 1. The SMILES string of the molecule is C=C1C2O[C@](COC(=O)c3ccccc3)(OC)OC1[C@H](c1ccco1)[C@@H]([N+](=O)[O-])[C@@H]2O[Si](C)(C)C(C)(C)C. The minimum absolute atomic E-state index is 0.235. The van der Waals surface area contributed by atoms with Crippen molar-refractivity contribution in [3.05, 3.63) is 82.3 Å². The molecule has 2 heterocycles. The molecule has 1 aliphatic heterocycles. The lowest BCUT2D eigenvalue weighted by Gasteiger charge is -2.53. The van der Waals surface area contributed by atoms with Gasteiger partial charge in [0.05, 0.1) is 11.8 Å². The number of nitro groups is 1. The standard InChI is InChI=1S/C27H35NO9Si/c1-17-22-20(19-14-11-15-33-19)21(28(30)31)24(37-38(6,7)26(2,3)4)23(17)36-27(32-5,35-22)16-34-25(29)18-12-9-8-10-13-18/h8-15,20-24H,1,16H2,2-7H3/t20-,21-,22?,23?,24+,27-/m1/s1. The van der Waals surface area contributed by atoms with E-state index in [0.29, 0.717) is 16.9 Å². The number of hydrogen-bond acceptors (Lipinski definition) is 9. The molecule has 1 aliphatic carbocycles. The first-order valence-corrected chi connectivity index (χ1v) is 15.4. The molecule has 0 amide bonds. The third-order valence-electron chi connectivity index (χ3n) is 7.73. The van der Waals surface area contributed by atoms with Gasteiger partial charge in [-0.1, -0.05) is 45.5 Å². The quantitative estimate of drug-likeness (QED) is 0.150. The highest BCUT2D eigenvalue weighted by Gasteiger charge is 2.64. The molecule has 1 aromatic carbocycles. The average Bonchev–Trinajstić information content (AvgIpc) is 3.39. The van der Waals surface area contributed by atoms with Gasteiger partial charge >= 0.3 is 11.9 Å². The van der Waals surface area contributed by atoms with Gasteiger partial charge in [-0.15, -0.1) is 0 Å². The monoisotopic (exact) mass is 545 g/mol. The lowest BCUT2D eigenvalue weighted by molar-refractivity contribution is -0.558. The normalized spacial score (nSPS) is 29.6. The third-order valence-corrected chi connectivity index (χ3v) is 12.2. The maximum Gasteiger partial charge on any atom is 0.338 e. The molecular formula is C27H35NO9Si. The topological polar surface area (TPSA) is 120 Å². The Morgan fingerprint density at radius 3 is 2.34 bits per heavy atom. The highest BCUT2D eigenvalue weighted by Crippen LogP contribution is 2.50. The second-order valence-electron chi connectivity index (χ2n) is 11.1. The predicted octanol–water partition coefficient (Wildman–Crippen LogP) is 4.91. The molecule has 0 radical (unpaired) electrons. The van der Waals surface area contributed by atoms with Crippen LogP contribution in [0.4, 0.5) is 0 Å². The van der Waals surface area contributed by atoms with Crippen LogP contribution in [0, 0.1) is 10.1 Å². The van der Waals surface area contributed by atoms with Crippen molar-refractivity contribution < 1.29 is 37.5 Å². The number of benzene rings is 1. The van der Waals surface area contributed by atoms with E-state index >= 15 is 0 Å². The molecule has 6 atom stereocenters. The van der Waals surface area contributed by atoms with Crippen LogP contribution in [-0.2, 0) is 23.4 Å². The van der Waals surface area contributed by atoms with Gasteiger partial charge in [0.15, 0.2) is 14.9 Å². The van der Waals surface area contributed by atoms with E-state index in [-0.39, 0.29) is 9.96 Å². The third kappa shape index (κ3) is 5.21. The van der Waals surface area contributed by atoms with Crippen molar-refractivity contribution in [1.82, 2.24) is 0 Å². The van der Waals surface area contributed by atoms with Crippen LogP contribution in [0.5, 0.6) is 0 Å². The molecule has 1 saturated carbocycles. The van der Waals surface area contributed by atoms with Crippen LogP contribution in [-0.4, -0.2) is 63.3 Å². The van der Waals surface area contributed by atoms with Gasteiger partial charge in [0, 0.05) is 12.0 Å². The summed E-state index contributed by atoms with van der Waals surface area (Å²) in [6.45, 7) is 14.0. The highest BCUT2D eigenvalue weighted by molar-refractivity contribution is 6.74. The minimum Gasteiger partial charge on any atom is -0.469 e. The first-order valence-electron chi connectivity index (χ1n) is 12.5. The zero-order valence-electron chi connectivity index (χ0n) is 22.5. The average molecular weight is 546 g/mol. The summed E-state index contributed by atoms with van der Waals surface area (Å²) in [5.41, 5.74) is 0.815. The molecule has 11 heteroatoms. The second-order valence-corrected chi connectivity index (χ2v) is 15.9. The summed E-state index contributed by atoms with van der Waals surface area (Å²) < 4.78 is 36.0. The lowest BCUT2D eigenvalue weighted by atomic mass is 9.74. The van der Waals surface area contributed by atoms with E-state index in [2.05, 4.69) is 27.4 Å². The Hall–Kier alpha value is -2.83. The van der Waals surface area contributed by atoms with Gasteiger partial charge in [0.2, 0.25) is 0 Å². The van der Waals surface area contributed by atoms with Gasteiger partial charge in [-0.2, -0.15) is 0 Å². The van der Waals surface area contributed by atoms with Crippen LogP contribution in [0.2, 0.25) is 18.1 Å². The molecule has 2 aromatic rings. The highest BCUT2D eigenvalue weighted by atomic mass is 28.4. The molecule has 206 valence electrons. The number of furan rings is 1. The van der Waals surface area contributed by atoms with Crippen molar-refractivity contribution in [3.8, 4) is 0 Å². The van der Waals surface area contributed by atoms with E-state index in [1.54, 1.807) is 42.5 Å². The molecule has 1 saturated heterocycles. The second kappa shape index (κ2) is 10.4. The van der Waals surface area contributed by atoms with Crippen LogP contribution < -0.4 is 0 Å². The van der Waals surface area contributed by atoms with Crippen molar-refractivity contribution in [1.29, 1.82) is 0 Å². The number of hydrogen-bond donors (Lipinski definition) is 0. The van der Waals surface area contributed by atoms with E-state index in [1.165, 1.54) is 13.4 Å². The molecule has 1 aromatic heterocycles. The van der Waals surface area contributed by atoms with Gasteiger partial charge in [0.1, 0.15) is 30.0 Å². The van der Waals surface area contributed by atoms with Crippen LogP contribution in [0.25, 0.3) is 0 Å². The molecule has 4 rings (SSSR count). The molecular weight excluding hydrogens is 510 g/mol. The number of carbonyl (C=O) groups is 1. The van der Waals surface area contributed by atoms with Gasteiger partial charge in [0.25, 0.3) is 6.04 Å². The summed E-state index contributed by atoms with van der Waals surface area (Å²) in [5, 5.41) is 12.4. The van der Waals surface area contributed by atoms with Crippen molar-refractivity contribution in [2.75, 3.05) is 13.7 Å². The Kier molecular flexibility index (Phi) is 7.70. The molecule has 2 fully saturated rings. The van der Waals surface area contributed by atoms with Crippen LogP contribution >= 0.6 is 0 Å².